The summed E-state index contributed by atoms with van der Waals surface area (Å²) in [6, 6.07) is 7.57. The van der Waals surface area contributed by atoms with Gasteiger partial charge in [-0.05, 0) is 12.1 Å². The Hall–Kier alpha value is -1.88. The fraction of sp³-hybridized carbons (Fsp3) is 0.200. The Balaban J connectivity index is 2.32. The zero-order valence-corrected chi connectivity index (χ0v) is 8.52. The van der Waals surface area contributed by atoms with Crippen LogP contribution in [0.5, 0.6) is 0 Å². The van der Waals surface area contributed by atoms with Crippen LogP contribution in [0.4, 0.5) is 5.69 Å². The molecule has 2 aromatic rings. The third-order valence-corrected chi connectivity index (χ3v) is 1.87. The minimum atomic E-state index is 0.551. The summed E-state index contributed by atoms with van der Waals surface area (Å²) < 4.78 is 4.91. The van der Waals surface area contributed by atoms with Crippen molar-refractivity contribution in [2.24, 2.45) is 0 Å². The summed E-state index contributed by atoms with van der Waals surface area (Å²) in [6.45, 7) is 1.76. The van der Waals surface area contributed by atoms with E-state index in [0.717, 1.165) is 11.3 Å². The van der Waals surface area contributed by atoms with Crippen molar-refractivity contribution in [3.05, 3.63) is 30.2 Å². The van der Waals surface area contributed by atoms with E-state index in [4.69, 9.17) is 9.36 Å². The highest BCUT2D eigenvalue weighted by Gasteiger charge is 2.05. The van der Waals surface area contributed by atoms with Crippen LogP contribution in [0.1, 0.15) is 5.89 Å². The van der Waals surface area contributed by atoms with Crippen molar-refractivity contribution in [1.82, 2.24) is 10.1 Å². The molecule has 1 aromatic carbocycles. The van der Waals surface area contributed by atoms with Crippen molar-refractivity contribution in [2.45, 2.75) is 6.92 Å². The van der Waals surface area contributed by atoms with E-state index in [-0.39, 0.29) is 0 Å². The number of aryl methyl sites for hydroxylation is 1. The lowest BCUT2D eigenvalue weighted by molar-refractivity contribution is 0.271. The van der Waals surface area contributed by atoms with Crippen molar-refractivity contribution in [1.29, 1.82) is 0 Å². The van der Waals surface area contributed by atoms with Crippen LogP contribution in [-0.4, -0.2) is 17.3 Å². The van der Waals surface area contributed by atoms with Gasteiger partial charge >= 0.3 is 0 Å². The Kier molecular flexibility index (Phi) is 2.64. The van der Waals surface area contributed by atoms with E-state index in [9.17, 15) is 0 Å². The molecule has 78 valence electrons. The number of benzene rings is 1. The fourth-order valence-corrected chi connectivity index (χ4v) is 1.26. The normalized spacial score (nSPS) is 10.3. The van der Waals surface area contributed by atoms with Gasteiger partial charge in [0.05, 0.1) is 12.8 Å². The van der Waals surface area contributed by atoms with E-state index in [0.29, 0.717) is 11.7 Å². The van der Waals surface area contributed by atoms with Crippen LogP contribution in [0.2, 0.25) is 0 Å². The Morgan fingerprint density at radius 2 is 2.27 bits per heavy atom. The molecule has 0 aliphatic carbocycles. The standard InChI is InChI=1S/C10H11N3O2/c1-7-11-10(13-15-7)8-4-3-5-9(6-8)12-14-2/h3-6,12H,1-2H3. The summed E-state index contributed by atoms with van der Waals surface area (Å²) in [5.74, 6) is 1.13. The summed E-state index contributed by atoms with van der Waals surface area (Å²) in [5, 5.41) is 3.83. The van der Waals surface area contributed by atoms with Gasteiger partial charge in [0.25, 0.3) is 0 Å². The molecule has 0 fully saturated rings. The molecule has 15 heavy (non-hydrogen) atoms. The van der Waals surface area contributed by atoms with Crippen LogP contribution in [0.25, 0.3) is 11.4 Å². The monoisotopic (exact) mass is 205 g/mol. The highest BCUT2D eigenvalue weighted by Crippen LogP contribution is 2.19. The van der Waals surface area contributed by atoms with Crippen molar-refractivity contribution in [2.75, 3.05) is 12.6 Å². The lowest BCUT2D eigenvalue weighted by Crippen LogP contribution is -1.95. The van der Waals surface area contributed by atoms with Gasteiger partial charge in [-0.3, -0.25) is 10.3 Å². The Morgan fingerprint density at radius 1 is 1.40 bits per heavy atom. The van der Waals surface area contributed by atoms with Crippen LogP contribution in [0, 0.1) is 6.92 Å². The van der Waals surface area contributed by atoms with E-state index in [1.165, 1.54) is 0 Å². The highest BCUT2D eigenvalue weighted by atomic mass is 16.6. The molecule has 0 amide bonds. The van der Waals surface area contributed by atoms with Crippen molar-refractivity contribution < 1.29 is 9.36 Å². The lowest BCUT2D eigenvalue weighted by Gasteiger charge is -2.03. The molecule has 0 aliphatic heterocycles. The highest BCUT2D eigenvalue weighted by molar-refractivity contribution is 5.61. The third-order valence-electron chi connectivity index (χ3n) is 1.87. The Bertz CT molecular complexity index is 453. The molecule has 1 N–H and O–H groups in total. The average Bonchev–Trinajstić information content (AvgIpc) is 2.66. The predicted octanol–water partition coefficient (Wildman–Crippen LogP) is 2.02. The molecule has 0 atom stereocenters. The SMILES string of the molecule is CONc1cccc(-c2noc(C)n2)c1. The molecule has 5 nitrogen and oxygen atoms in total. The van der Waals surface area contributed by atoms with Gasteiger partial charge in [0.2, 0.25) is 11.7 Å². The van der Waals surface area contributed by atoms with Crippen LogP contribution in [0.15, 0.2) is 28.8 Å². The minimum Gasteiger partial charge on any atom is -0.339 e. The van der Waals surface area contributed by atoms with Crippen molar-refractivity contribution in [3.8, 4) is 11.4 Å². The van der Waals surface area contributed by atoms with E-state index in [1.54, 1.807) is 14.0 Å². The van der Waals surface area contributed by atoms with E-state index in [2.05, 4.69) is 15.6 Å². The van der Waals surface area contributed by atoms with Gasteiger partial charge in [0, 0.05) is 12.5 Å². The molecule has 0 bridgehead atoms. The Morgan fingerprint density at radius 3 is 2.93 bits per heavy atom. The zero-order chi connectivity index (χ0) is 10.7. The van der Waals surface area contributed by atoms with Crippen LogP contribution in [0.3, 0.4) is 0 Å². The summed E-state index contributed by atoms with van der Waals surface area (Å²) in [7, 11) is 1.56. The molecule has 0 unspecified atom stereocenters. The van der Waals surface area contributed by atoms with Gasteiger partial charge in [0.15, 0.2) is 0 Å². The largest absolute Gasteiger partial charge is 0.339 e. The first-order valence-corrected chi connectivity index (χ1v) is 4.49. The minimum absolute atomic E-state index is 0.551. The van der Waals surface area contributed by atoms with E-state index >= 15 is 0 Å². The quantitative estimate of drug-likeness (QED) is 0.777. The molecule has 0 saturated heterocycles. The number of nitrogens with one attached hydrogen (secondary N) is 1. The van der Waals surface area contributed by atoms with Crippen molar-refractivity contribution >= 4 is 5.69 Å². The second kappa shape index (κ2) is 4.10. The maximum atomic E-state index is 4.91. The van der Waals surface area contributed by atoms with Gasteiger partial charge < -0.3 is 4.52 Å². The second-order valence-electron chi connectivity index (χ2n) is 3.02. The molecule has 0 radical (unpaired) electrons. The number of hydrogen-bond donors (Lipinski definition) is 1. The topological polar surface area (TPSA) is 60.2 Å². The molecule has 1 heterocycles. The predicted molar refractivity (Wildman–Crippen MR) is 55.1 cm³/mol. The van der Waals surface area contributed by atoms with Gasteiger partial charge in [-0.15, -0.1) is 0 Å². The maximum Gasteiger partial charge on any atom is 0.223 e. The summed E-state index contributed by atoms with van der Waals surface area (Å²) in [5.41, 5.74) is 4.47. The smallest absolute Gasteiger partial charge is 0.223 e. The van der Waals surface area contributed by atoms with Gasteiger partial charge in [0.1, 0.15) is 0 Å². The number of hydrogen-bond acceptors (Lipinski definition) is 5. The van der Waals surface area contributed by atoms with Crippen LogP contribution in [-0.2, 0) is 4.84 Å². The molecule has 0 aliphatic rings. The molecule has 5 heteroatoms. The number of anilines is 1. The Labute approximate surface area is 87.0 Å². The first-order valence-electron chi connectivity index (χ1n) is 4.49. The molecule has 0 saturated carbocycles. The lowest BCUT2D eigenvalue weighted by atomic mass is 10.2. The summed E-state index contributed by atoms with van der Waals surface area (Å²) in [4.78, 5) is 8.95. The van der Waals surface area contributed by atoms with Gasteiger partial charge in [-0.25, -0.2) is 0 Å². The first-order chi connectivity index (χ1) is 7.29. The van der Waals surface area contributed by atoms with Crippen LogP contribution < -0.4 is 5.48 Å². The van der Waals surface area contributed by atoms with Gasteiger partial charge in [-0.2, -0.15) is 4.98 Å². The summed E-state index contributed by atoms with van der Waals surface area (Å²) >= 11 is 0. The number of nitrogens with zero attached hydrogens (tertiary/aromatic N) is 2. The van der Waals surface area contributed by atoms with E-state index < -0.39 is 0 Å². The van der Waals surface area contributed by atoms with E-state index in [1.807, 2.05) is 24.3 Å². The average molecular weight is 205 g/mol. The second-order valence-corrected chi connectivity index (χ2v) is 3.02. The first kappa shape index (κ1) is 9.67. The van der Waals surface area contributed by atoms with Crippen LogP contribution >= 0.6 is 0 Å². The van der Waals surface area contributed by atoms with Crippen molar-refractivity contribution in [3.63, 3.8) is 0 Å². The van der Waals surface area contributed by atoms with Gasteiger partial charge in [-0.1, -0.05) is 17.3 Å². The molecular weight excluding hydrogens is 194 g/mol. The number of aromatic nitrogens is 2. The zero-order valence-electron chi connectivity index (χ0n) is 8.52. The third kappa shape index (κ3) is 2.13. The number of rotatable bonds is 3. The molecule has 0 spiro atoms. The fourth-order valence-electron chi connectivity index (χ4n) is 1.26. The maximum absolute atomic E-state index is 4.91. The molecule has 1 aromatic heterocycles. The molecular formula is C10H11N3O2. The molecule has 2 rings (SSSR count). The summed E-state index contributed by atoms with van der Waals surface area (Å²) in [6.07, 6.45) is 0.